The molecule has 6 aromatic rings. The van der Waals surface area contributed by atoms with E-state index in [2.05, 4.69) is 58.3 Å². The van der Waals surface area contributed by atoms with Gasteiger partial charge in [0, 0.05) is 46.4 Å². The summed E-state index contributed by atoms with van der Waals surface area (Å²) in [5.74, 6) is 1.06. The number of ether oxygens (including phenoxy) is 2. The van der Waals surface area contributed by atoms with Gasteiger partial charge in [-0.15, -0.1) is 20.4 Å². The standard InChI is InChI=1S/C24H22N4O3S.C10H8BrN3OS/c1-15(29)25-24-28-27-23(32-24)16-8-11-18(12-9-16)26-20-7-5-4-6-19(20)17-10-13-21(30-2)22(14-17)31-3;1-6(15)12-10-14-13-9(16-10)7-2-4-8(11)5-3-7/h4-14,26H,1-3H3,(H,25,28,29);2-5H,1H3,(H,12,14,15). The van der Waals surface area contributed by atoms with Crippen LogP contribution in [-0.4, -0.2) is 46.4 Å². The molecule has 0 saturated carbocycles. The van der Waals surface area contributed by atoms with Crippen LogP contribution in [0.1, 0.15) is 13.8 Å². The minimum Gasteiger partial charge on any atom is -0.493 e. The van der Waals surface area contributed by atoms with Crippen LogP contribution in [0.2, 0.25) is 0 Å². The number of anilines is 4. The summed E-state index contributed by atoms with van der Waals surface area (Å²) in [7, 11) is 3.25. The van der Waals surface area contributed by atoms with Crippen LogP contribution in [0.25, 0.3) is 32.3 Å². The fourth-order valence-electron chi connectivity index (χ4n) is 4.37. The third-order valence-electron chi connectivity index (χ3n) is 6.54. The Morgan fingerprint density at radius 2 is 1.17 bits per heavy atom. The van der Waals surface area contributed by atoms with Crippen LogP contribution in [0.3, 0.4) is 0 Å². The van der Waals surface area contributed by atoms with E-state index < -0.39 is 0 Å². The number of halogens is 1. The Bertz CT molecular complexity index is 2020. The first kappa shape index (κ1) is 34.2. The van der Waals surface area contributed by atoms with Crippen LogP contribution in [0.5, 0.6) is 11.5 Å². The van der Waals surface area contributed by atoms with Gasteiger partial charge in [0.1, 0.15) is 10.0 Å². The quantitative estimate of drug-likeness (QED) is 0.133. The average Bonchev–Trinajstić information content (AvgIpc) is 3.75. The van der Waals surface area contributed by atoms with E-state index in [-0.39, 0.29) is 11.8 Å². The summed E-state index contributed by atoms with van der Waals surface area (Å²) < 4.78 is 11.8. The van der Waals surface area contributed by atoms with E-state index in [1.165, 1.54) is 36.5 Å². The summed E-state index contributed by atoms with van der Waals surface area (Å²) in [5, 5.41) is 27.3. The molecule has 0 bridgehead atoms. The first-order valence-electron chi connectivity index (χ1n) is 14.4. The van der Waals surface area contributed by atoms with Crippen LogP contribution < -0.4 is 25.4 Å². The Hall–Kier alpha value is -5.18. The summed E-state index contributed by atoms with van der Waals surface area (Å²) in [6.07, 6.45) is 0. The van der Waals surface area contributed by atoms with Gasteiger partial charge in [-0.1, -0.05) is 75.0 Å². The molecule has 0 unspecified atom stereocenters. The van der Waals surface area contributed by atoms with E-state index in [0.717, 1.165) is 48.1 Å². The molecule has 14 heteroatoms. The number of amides is 2. The number of aromatic nitrogens is 4. The molecule has 0 atom stereocenters. The first-order chi connectivity index (χ1) is 23.2. The Morgan fingerprint density at radius 1 is 0.646 bits per heavy atom. The van der Waals surface area contributed by atoms with Crippen molar-refractivity contribution in [1.82, 2.24) is 20.4 Å². The molecule has 2 aromatic heterocycles. The molecule has 2 heterocycles. The molecule has 3 N–H and O–H groups in total. The summed E-state index contributed by atoms with van der Waals surface area (Å²) in [5.41, 5.74) is 5.88. The highest BCUT2D eigenvalue weighted by molar-refractivity contribution is 9.10. The average molecular weight is 745 g/mol. The highest BCUT2D eigenvalue weighted by Gasteiger charge is 2.12. The van der Waals surface area contributed by atoms with Crippen LogP contribution in [0, 0.1) is 0 Å². The molecule has 6 rings (SSSR count). The van der Waals surface area contributed by atoms with Gasteiger partial charge < -0.3 is 25.4 Å². The zero-order valence-corrected chi connectivity index (χ0v) is 29.5. The van der Waals surface area contributed by atoms with Crippen molar-refractivity contribution in [3.05, 3.63) is 95.5 Å². The van der Waals surface area contributed by atoms with E-state index in [0.29, 0.717) is 21.8 Å². The zero-order chi connectivity index (χ0) is 34.0. The van der Waals surface area contributed by atoms with Gasteiger partial charge in [-0.3, -0.25) is 9.59 Å². The number of carbonyl (C=O) groups excluding carboxylic acids is 2. The molecule has 0 fully saturated rings. The van der Waals surface area contributed by atoms with E-state index in [1.807, 2.05) is 84.9 Å². The van der Waals surface area contributed by atoms with Gasteiger partial charge in [0.15, 0.2) is 11.5 Å². The number of carbonyl (C=O) groups is 2. The molecule has 0 radical (unpaired) electrons. The second-order valence-electron chi connectivity index (χ2n) is 10.0. The Morgan fingerprint density at radius 3 is 1.71 bits per heavy atom. The maximum Gasteiger partial charge on any atom is 0.223 e. The molecule has 11 nitrogen and oxygen atoms in total. The van der Waals surface area contributed by atoms with Crippen molar-refractivity contribution in [3.8, 4) is 43.8 Å². The summed E-state index contributed by atoms with van der Waals surface area (Å²) in [6.45, 7) is 2.89. The Labute approximate surface area is 293 Å². The van der Waals surface area contributed by atoms with Gasteiger partial charge in [0.05, 0.1) is 14.2 Å². The van der Waals surface area contributed by atoms with Gasteiger partial charge in [-0.05, 0) is 60.2 Å². The van der Waals surface area contributed by atoms with E-state index in [4.69, 9.17) is 9.47 Å². The minimum absolute atomic E-state index is 0.140. The summed E-state index contributed by atoms with van der Waals surface area (Å²) >= 11 is 6.05. The number of nitrogens with zero attached hydrogens (tertiary/aromatic N) is 4. The van der Waals surface area contributed by atoms with Crippen molar-refractivity contribution in [3.63, 3.8) is 0 Å². The Kier molecular flexibility index (Phi) is 11.4. The van der Waals surface area contributed by atoms with Crippen molar-refractivity contribution in [2.45, 2.75) is 13.8 Å². The molecule has 0 saturated heterocycles. The minimum atomic E-state index is -0.166. The third kappa shape index (κ3) is 9.00. The van der Waals surface area contributed by atoms with Gasteiger partial charge in [0.2, 0.25) is 22.1 Å². The first-order valence-corrected chi connectivity index (χ1v) is 16.8. The molecule has 2 amide bonds. The van der Waals surface area contributed by atoms with Crippen molar-refractivity contribution in [1.29, 1.82) is 0 Å². The van der Waals surface area contributed by atoms with Crippen molar-refractivity contribution < 1.29 is 19.1 Å². The number of para-hydroxylation sites is 1. The normalized spacial score (nSPS) is 10.4. The molecular weight excluding hydrogens is 714 g/mol. The number of methoxy groups -OCH3 is 2. The van der Waals surface area contributed by atoms with E-state index in [1.54, 1.807) is 14.2 Å². The maximum atomic E-state index is 11.2. The summed E-state index contributed by atoms with van der Waals surface area (Å²) in [4.78, 5) is 22.0. The van der Waals surface area contributed by atoms with Crippen molar-refractivity contribution >= 4 is 72.1 Å². The molecular formula is C34H30BrN7O4S2. The van der Waals surface area contributed by atoms with Crippen LogP contribution in [0.15, 0.2) is 95.5 Å². The molecule has 0 aliphatic heterocycles. The highest BCUT2D eigenvalue weighted by Crippen LogP contribution is 2.37. The SMILES string of the molecule is CC(=O)Nc1nnc(-c2ccc(Br)cc2)s1.COc1ccc(-c2ccccc2Nc2ccc(-c3nnc(NC(C)=O)s3)cc2)cc1OC. The van der Waals surface area contributed by atoms with Crippen LogP contribution in [-0.2, 0) is 9.59 Å². The van der Waals surface area contributed by atoms with Crippen LogP contribution in [0.4, 0.5) is 21.6 Å². The lowest BCUT2D eigenvalue weighted by molar-refractivity contribution is -0.115. The molecule has 244 valence electrons. The summed E-state index contributed by atoms with van der Waals surface area (Å²) in [6, 6.07) is 29.6. The van der Waals surface area contributed by atoms with Crippen LogP contribution >= 0.6 is 38.6 Å². The number of rotatable bonds is 9. The fourth-order valence-corrected chi connectivity index (χ4v) is 6.23. The lowest BCUT2D eigenvalue weighted by atomic mass is 10.0. The highest BCUT2D eigenvalue weighted by atomic mass is 79.9. The zero-order valence-electron chi connectivity index (χ0n) is 26.3. The van der Waals surface area contributed by atoms with Crippen molar-refractivity contribution in [2.75, 3.05) is 30.2 Å². The predicted molar refractivity (Wildman–Crippen MR) is 195 cm³/mol. The second kappa shape index (κ2) is 16.1. The molecule has 0 aliphatic rings. The monoisotopic (exact) mass is 743 g/mol. The second-order valence-corrected chi connectivity index (χ2v) is 12.9. The third-order valence-corrected chi connectivity index (χ3v) is 8.84. The number of hydrogen-bond acceptors (Lipinski definition) is 11. The van der Waals surface area contributed by atoms with Gasteiger partial charge >= 0.3 is 0 Å². The fraction of sp³-hybridized carbons (Fsp3) is 0.118. The van der Waals surface area contributed by atoms with Gasteiger partial charge in [0.25, 0.3) is 0 Å². The maximum absolute atomic E-state index is 11.2. The predicted octanol–water partition coefficient (Wildman–Crippen LogP) is 8.52. The molecule has 0 aliphatic carbocycles. The lowest BCUT2D eigenvalue weighted by Gasteiger charge is -2.14. The number of benzene rings is 4. The topological polar surface area (TPSA) is 140 Å². The smallest absolute Gasteiger partial charge is 0.223 e. The Balaban J connectivity index is 0.000000236. The molecule has 0 spiro atoms. The van der Waals surface area contributed by atoms with Gasteiger partial charge in [-0.25, -0.2) is 0 Å². The van der Waals surface area contributed by atoms with E-state index >= 15 is 0 Å². The van der Waals surface area contributed by atoms with Crippen molar-refractivity contribution in [2.24, 2.45) is 0 Å². The molecule has 48 heavy (non-hydrogen) atoms. The molecule has 4 aromatic carbocycles. The number of hydrogen-bond donors (Lipinski definition) is 3. The lowest BCUT2D eigenvalue weighted by Crippen LogP contribution is -2.04. The largest absolute Gasteiger partial charge is 0.493 e. The van der Waals surface area contributed by atoms with Gasteiger partial charge in [-0.2, -0.15) is 0 Å². The van der Waals surface area contributed by atoms with E-state index in [9.17, 15) is 9.59 Å². The number of nitrogens with one attached hydrogen (secondary N) is 3.